The van der Waals surface area contributed by atoms with Gasteiger partial charge >= 0.3 is 0 Å². The van der Waals surface area contributed by atoms with Gasteiger partial charge in [0.2, 0.25) is 0 Å². The topological polar surface area (TPSA) is 70.6 Å². The molecule has 0 aromatic carbocycles. The fourth-order valence-electron chi connectivity index (χ4n) is 1.83. The molecule has 4 N–H and O–H groups in total. The maximum absolute atomic E-state index is 8.35. The Bertz CT molecular complexity index is 351. The van der Waals surface area contributed by atoms with Crippen molar-refractivity contribution in [1.29, 1.82) is 0 Å². The van der Waals surface area contributed by atoms with Crippen LogP contribution in [0.3, 0.4) is 0 Å². The van der Waals surface area contributed by atoms with Crippen molar-refractivity contribution in [1.82, 2.24) is 5.32 Å². The molecule has 5 heteroatoms. The first-order valence-corrected chi connectivity index (χ1v) is 5.89. The molecule has 1 aromatic heterocycles. The molecule has 0 saturated carbocycles. The monoisotopic (exact) mass is 225 g/mol. The van der Waals surface area contributed by atoms with Crippen LogP contribution in [0.15, 0.2) is 11.2 Å². The quantitative estimate of drug-likeness (QED) is 0.311. The SMILES string of the molecule is NC(CNCc1cc2c(s1)CCC2)=NO. The second kappa shape index (κ2) is 4.63. The molecule has 0 radical (unpaired) electrons. The Labute approximate surface area is 92.8 Å². The zero-order chi connectivity index (χ0) is 10.7. The third kappa shape index (κ3) is 2.49. The van der Waals surface area contributed by atoms with E-state index in [4.69, 9.17) is 10.9 Å². The van der Waals surface area contributed by atoms with E-state index in [0.717, 1.165) is 6.54 Å². The largest absolute Gasteiger partial charge is 0.409 e. The van der Waals surface area contributed by atoms with E-state index >= 15 is 0 Å². The average molecular weight is 225 g/mol. The smallest absolute Gasteiger partial charge is 0.153 e. The van der Waals surface area contributed by atoms with Crippen molar-refractivity contribution in [2.24, 2.45) is 10.9 Å². The van der Waals surface area contributed by atoms with Crippen molar-refractivity contribution in [3.8, 4) is 0 Å². The van der Waals surface area contributed by atoms with Gasteiger partial charge < -0.3 is 16.3 Å². The minimum Gasteiger partial charge on any atom is -0.409 e. The lowest BCUT2D eigenvalue weighted by Crippen LogP contribution is -2.28. The minimum absolute atomic E-state index is 0.221. The zero-order valence-corrected chi connectivity index (χ0v) is 9.31. The molecule has 0 saturated heterocycles. The number of rotatable bonds is 4. The molecule has 4 nitrogen and oxygen atoms in total. The van der Waals surface area contributed by atoms with Crippen LogP contribution in [-0.4, -0.2) is 17.6 Å². The van der Waals surface area contributed by atoms with E-state index in [1.54, 1.807) is 0 Å². The van der Waals surface area contributed by atoms with E-state index in [1.165, 1.54) is 34.6 Å². The molecule has 0 spiro atoms. The summed E-state index contributed by atoms with van der Waals surface area (Å²) in [4.78, 5) is 2.88. The third-order valence-electron chi connectivity index (χ3n) is 2.53. The van der Waals surface area contributed by atoms with E-state index in [2.05, 4.69) is 16.5 Å². The van der Waals surface area contributed by atoms with Gasteiger partial charge in [0.25, 0.3) is 0 Å². The van der Waals surface area contributed by atoms with Gasteiger partial charge in [-0.25, -0.2) is 0 Å². The number of nitrogens with two attached hydrogens (primary N) is 1. The Morgan fingerprint density at radius 1 is 1.60 bits per heavy atom. The van der Waals surface area contributed by atoms with E-state index < -0.39 is 0 Å². The first-order chi connectivity index (χ1) is 7.29. The summed E-state index contributed by atoms with van der Waals surface area (Å²) in [5.41, 5.74) is 6.86. The maximum Gasteiger partial charge on any atom is 0.153 e. The van der Waals surface area contributed by atoms with Crippen LogP contribution in [0.4, 0.5) is 0 Å². The summed E-state index contributed by atoms with van der Waals surface area (Å²) in [5.74, 6) is 0.221. The summed E-state index contributed by atoms with van der Waals surface area (Å²) in [6.07, 6.45) is 3.77. The fraction of sp³-hybridized carbons (Fsp3) is 0.500. The Morgan fingerprint density at radius 3 is 3.20 bits per heavy atom. The van der Waals surface area contributed by atoms with Crippen molar-refractivity contribution in [2.75, 3.05) is 6.54 Å². The lowest BCUT2D eigenvalue weighted by molar-refractivity contribution is 0.317. The lowest BCUT2D eigenvalue weighted by atomic mass is 10.2. The van der Waals surface area contributed by atoms with Crippen LogP contribution in [0.25, 0.3) is 0 Å². The number of hydrogen-bond donors (Lipinski definition) is 3. The number of thiophene rings is 1. The molecule has 0 atom stereocenters. The highest BCUT2D eigenvalue weighted by molar-refractivity contribution is 7.12. The Hall–Kier alpha value is -1.07. The van der Waals surface area contributed by atoms with Crippen LogP contribution in [0.1, 0.15) is 21.7 Å². The Morgan fingerprint density at radius 2 is 2.47 bits per heavy atom. The number of amidine groups is 1. The standard InChI is InChI=1S/C10H15N3OS/c11-10(13-14)6-12-5-8-4-7-2-1-3-9(7)15-8/h4,12,14H,1-3,5-6H2,(H2,11,13). The molecule has 1 aliphatic rings. The van der Waals surface area contributed by atoms with Gasteiger partial charge in [-0.1, -0.05) is 5.16 Å². The van der Waals surface area contributed by atoms with Crippen molar-refractivity contribution < 1.29 is 5.21 Å². The molecular formula is C10H15N3OS. The number of fused-ring (bicyclic) bond motifs is 1. The summed E-state index contributed by atoms with van der Waals surface area (Å²) < 4.78 is 0. The summed E-state index contributed by atoms with van der Waals surface area (Å²) in [7, 11) is 0. The molecule has 1 heterocycles. The summed E-state index contributed by atoms with van der Waals surface area (Å²) in [6, 6.07) is 2.27. The van der Waals surface area contributed by atoms with Gasteiger partial charge in [-0.3, -0.25) is 0 Å². The van der Waals surface area contributed by atoms with Gasteiger partial charge in [0.1, 0.15) is 0 Å². The Kier molecular flexibility index (Phi) is 3.23. The van der Waals surface area contributed by atoms with E-state index in [-0.39, 0.29) is 5.84 Å². The molecule has 0 fully saturated rings. The zero-order valence-electron chi connectivity index (χ0n) is 8.49. The second-order valence-electron chi connectivity index (χ2n) is 3.71. The van der Waals surface area contributed by atoms with Crippen molar-refractivity contribution in [2.45, 2.75) is 25.8 Å². The van der Waals surface area contributed by atoms with Crippen LogP contribution in [0.2, 0.25) is 0 Å². The molecule has 15 heavy (non-hydrogen) atoms. The molecule has 0 unspecified atom stereocenters. The molecule has 0 aliphatic heterocycles. The van der Waals surface area contributed by atoms with Crippen molar-refractivity contribution >= 4 is 17.2 Å². The van der Waals surface area contributed by atoms with Gasteiger partial charge in [0.15, 0.2) is 5.84 Å². The number of oxime groups is 1. The predicted octanol–water partition coefficient (Wildman–Crippen LogP) is 1.07. The number of nitrogens with zero attached hydrogens (tertiary/aromatic N) is 1. The highest BCUT2D eigenvalue weighted by Gasteiger charge is 2.14. The molecule has 82 valence electrons. The second-order valence-corrected chi connectivity index (χ2v) is 4.93. The summed E-state index contributed by atoms with van der Waals surface area (Å²) in [6.45, 7) is 1.23. The molecule has 1 aliphatic carbocycles. The van der Waals surface area contributed by atoms with Crippen LogP contribution < -0.4 is 11.1 Å². The maximum atomic E-state index is 8.35. The predicted molar refractivity (Wildman–Crippen MR) is 61.5 cm³/mol. The van der Waals surface area contributed by atoms with Gasteiger partial charge in [-0.15, -0.1) is 11.3 Å². The van der Waals surface area contributed by atoms with Crippen LogP contribution in [-0.2, 0) is 19.4 Å². The summed E-state index contributed by atoms with van der Waals surface area (Å²) in [5, 5.41) is 14.4. The van der Waals surface area contributed by atoms with E-state index in [1.807, 2.05) is 11.3 Å². The highest BCUT2D eigenvalue weighted by atomic mass is 32.1. The van der Waals surface area contributed by atoms with Crippen molar-refractivity contribution in [3.63, 3.8) is 0 Å². The first-order valence-electron chi connectivity index (χ1n) is 5.07. The molecule has 1 aromatic rings. The first kappa shape index (κ1) is 10.4. The Balaban J connectivity index is 1.84. The molecule has 2 rings (SSSR count). The van der Waals surface area contributed by atoms with Crippen molar-refractivity contribution in [3.05, 3.63) is 21.4 Å². The fourth-order valence-corrected chi connectivity index (χ4v) is 3.06. The normalized spacial score (nSPS) is 15.6. The molecular weight excluding hydrogens is 210 g/mol. The van der Waals surface area contributed by atoms with Gasteiger partial charge in [0, 0.05) is 16.3 Å². The number of hydrogen-bond acceptors (Lipinski definition) is 4. The van der Waals surface area contributed by atoms with Crippen LogP contribution >= 0.6 is 11.3 Å². The number of nitrogens with one attached hydrogen (secondary N) is 1. The van der Waals surface area contributed by atoms with Gasteiger partial charge in [-0.2, -0.15) is 0 Å². The van der Waals surface area contributed by atoms with E-state index in [0.29, 0.717) is 6.54 Å². The van der Waals surface area contributed by atoms with Crippen LogP contribution in [0, 0.1) is 0 Å². The van der Waals surface area contributed by atoms with Crippen LogP contribution in [0.5, 0.6) is 0 Å². The lowest BCUT2D eigenvalue weighted by Gasteiger charge is -2.00. The molecule has 0 amide bonds. The number of aryl methyl sites for hydroxylation is 2. The van der Waals surface area contributed by atoms with Gasteiger partial charge in [0.05, 0.1) is 6.54 Å². The van der Waals surface area contributed by atoms with E-state index in [9.17, 15) is 0 Å². The minimum atomic E-state index is 0.221. The summed E-state index contributed by atoms with van der Waals surface area (Å²) >= 11 is 1.88. The van der Waals surface area contributed by atoms with Gasteiger partial charge in [-0.05, 0) is 30.9 Å². The highest BCUT2D eigenvalue weighted by Crippen LogP contribution is 2.30. The average Bonchev–Trinajstić information content (AvgIpc) is 2.77. The third-order valence-corrected chi connectivity index (χ3v) is 3.77. The molecule has 0 bridgehead atoms.